The zero-order chi connectivity index (χ0) is 18.3. The third-order valence-corrected chi connectivity index (χ3v) is 6.08. The van der Waals surface area contributed by atoms with Gasteiger partial charge in [-0.05, 0) is 30.9 Å². The zero-order valence-electron chi connectivity index (χ0n) is 14.2. The van der Waals surface area contributed by atoms with Gasteiger partial charge < -0.3 is 11.1 Å². The quantitative estimate of drug-likeness (QED) is 0.645. The molecule has 1 aliphatic rings. The van der Waals surface area contributed by atoms with Crippen LogP contribution in [0.2, 0.25) is 0 Å². The second-order valence-electron chi connectivity index (χ2n) is 6.39. The summed E-state index contributed by atoms with van der Waals surface area (Å²) in [6, 6.07) is 5.05. The molecule has 25 heavy (non-hydrogen) atoms. The highest BCUT2D eigenvalue weighted by molar-refractivity contribution is 7.89. The molecular weight excluding hydrogens is 345 g/mol. The molecular formula is C17H26FN3O3S. The Bertz CT molecular complexity index is 675. The fraction of sp³-hybridized carbons (Fsp3) is 0.588. The average molecular weight is 371 g/mol. The average Bonchev–Trinajstić information content (AvgIpc) is 2.60. The van der Waals surface area contributed by atoms with E-state index < -0.39 is 20.7 Å². The fourth-order valence-electron chi connectivity index (χ4n) is 3.22. The van der Waals surface area contributed by atoms with Crippen LogP contribution in [0.15, 0.2) is 29.2 Å². The lowest BCUT2D eigenvalue weighted by Crippen LogP contribution is -2.46. The molecule has 4 N–H and O–H groups in total. The highest BCUT2D eigenvalue weighted by Gasteiger charge is 2.24. The first-order chi connectivity index (χ1) is 11.9. The first kappa shape index (κ1) is 19.8. The number of carbonyl (C=O) groups excluding carboxylic acids is 1. The Morgan fingerprint density at radius 1 is 1.24 bits per heavy atom. The van der Waals surface area contributed by atoms with Crippen LogP contribution in [0.5, 0.6) is 0 Å². The Kier molecular flexibility index (Phi) is 7.34. The fourth-order valence-corrected chi connectivity index (χ4v) is 4.33. The smallest absolute Gasteiger partial charge is 0.243 e. The van der Waals surface area contributed by atoms with Crippen LogP contribution in [0, 0.1) is 11.7 Å². The topological polar surface area (TPSA) is 101 Å². The van der Waals surface area contributed by atoms with Crippen LogP contribution in [0.25, 0.3) is 0 Å². The van der Waals surface area contributed by atoms with E-state index in [1.807, 2.05) is 0 Å². The van der Waals surface area contributed by atoms with E-state index in [1.54, 1.807) is 0 Å². The zero-order valence-corrected chi connectivity index (χ0v) is 15.0. The van der Waals surface area contributed by atoms with Crippen molar-refractivity contribution in [2.75, 3.05) is 13.1 Å². The predicted octanol–water partition coefficient (Wildman–Crippen LogP) is 1.52. The number of amides is 1. The molecule has 0 aromatic heterocycles. The normalized spacial score (nSPS) is 17.2. The molecule has 1 fully saturated rings. The second kappa shape index (κ2) is 9.26. The van der Waals surface area contributed by atoms with Crippen LogP contribution in [-0.2, 0) is 14.8 Å². The Hall–Kier alpha value is -1.51. The second-order valence-corrected chi connectivity index (χ2v) is 8.12. The van der Waals surface area contributed by atoms with Crippen LogP contribution < -0.4 is 15.8 Å². The van der Waals surface area contributed by atoms with Gasteiger partial charge in [-0.2, -0.15) is 0 Å². The van der Waals surface area contributed by atoms with Crippen molar-refractivity contribution >= 4 is 15.9 Å². The van der Waals surface area contributed by atoms with Gasteiger partial charge >= 0.3 is 0 Å². The maximum Gasteiger partial charge on any atom is 0.243 e. The van der Waals surface area contributed by atoms with E-state index in [1.165, 1.54) is 24.6 Å². The Morgan fingerprint density at radius 3 is 2.56 bits per heavy atom. The van der Waals surface area contributed by atoms with Gasteiger partial charge in [-0.15, -0.1) is 0 Å². The van der Waals surface area contributed by atoms with E-state index in [9.17, 15) is 17.6 Å². The van der Waals surface area contributed by atoms with Gasteiger partial charge in [-0.1, -0.05) is 31.4 Å². The van der Waals surface area contributed by atoms with Crippen LogP contribution >= 0.6 is 0 Å². The van der Waals surface area contributed by atoms with Crippen molar-refractivity contribution in [2.24, 2.45) is 11.7 Å². The van der Waals surface area contributed by atoms with Crippen molar-refractivity contribution in [1.82, 2.24) is 10.0 Å². The first-order valence-electron chi connectivity index (χ1n) is 8.67. The van der Waals surface area contributed by atoms with Gasteiger partial charge in [0.15, 0.2) is 0 Å². The van der Waals surface area contributed by atoms with Crippen molar-refractivity contribution in [3.63, 3.8) is 0 Å². The van der Waals surface area contributed by atoms with E-state index >= 15 is 0 Å². The van der Waals surface area contributed by atoms with E-state index in [0.717, 1.165) is 31.7 Å². The van der Waals surface area contributed by atoms with Gasteiger partial charge in [0.1, 0.15) is 10.7 Å². The van der Waals surface area contributed by atoms with Gasteiger partial charge in [0.25, 0.3) is 0 Å². The lowest BCUT2D eigenvalue weighted by molar-refractivity contribution is -0.122. The van der Waals surface area contributed by atoms with Gasteiger partial charge in [0.2, 0.25) is 15.9 Å². The summed E-state index contributed by atoms with van der Waals surface area (Å²) in [6.07, 6.45) is 5.62. The van der Waals surface area contributed by atoms with E-state index in [0.29, 0.717) is 12.5 Å². The molecule has 0 bridgehead atoms. The van der Waals surface area contributed by atoms with Crippen molar-refractivity contribution in [2.45, 2.75) is 49.5 Å². The summed E-state index contributed by atoms with van der Waals surface area (Å²) in [5.74, 6) is -0.685. The largest absolute Gasteiger partial charge is 0.352 e. The summed E-state index contributed by atoms with van der Waals surface area (Å²) in [5, 5.41) is 2.90. The molecule has 2 rings (SSSR count). The van der Waals surface area contributed by atoms with Crippen LogP contribution in [0.1, 0.15) is 38.5 Å². The predicted molar refractivity (Wildman–Crippen MR) is 93.8 cm³/mol. The number of hydrogen-bond acceptors (Lipinski definition) is 4. The minimum absolute atomic E-state index is 0.0170. The Morgan fingerprint density at radius 2 is 1.92 bits per heavy atom. The molecule has 1 unspecified atom stereocenters. The maximum atomic E-state index is 13.6. The third kappa shape index (κ3) is 5.76. The van der Waals surface area contributed by atoms with Crippen molar-refractivity contribution in [3.05, 3.63) is 30.1 Å². The molecule has 0 aliphatic heterocycles. The SMILES string of the molecule is NCC(NC(=O)CCNS(=O)(=O)c1ccccc1F)C1CCCCC1. The lowest BCUT2D eigenvalue weighted by Gasteiger charge is -2.30. The molecule has 1 aromatic rings. The molecule has 1 aromatic carbocycles. The number of hydrogen-bond donors (Lipinski definition) is 3. The standard InChI is InChI=1S/C17H26FN3O3S/c18-14-8-4-5-9-16(14)25(23,24)20-11-10-17(22)21-15(12-19)13-6-2-1-3-7-13/h4-5,8-9,13,15,20H,1-3,6-7,10-12,19H2,(H,21,22). The summed E-state index contributed by atoms with van der Waals surface area (Å²) >= 11 is 0. The summed E-state index contributed by atoms with van der Waals surface area (Å²) < 4.78 is 40.0. The molecule has 0 spiro atoms. The summed E-state index contributed by atoms with van der Waals surface area (Å²) in [7, 11) is -3.97. The minimum Gasteiger partial charge on any atom is -0.352 e. The summed E-state index contributed by atoms with van der Waals surface area (Å²) in [6.45, 7) is 0.280. The summed E-state index contributed by atoms with van der Waals surface area (Å²) in [5.41, 5.74) is 5.77. The third-order valence-electron chi connectivity index (χ3n) is 4.59. The number of halogens is 1. The lowest BCUT2D eigenvalue weighted by atomic mass is 9.84. The molecule has 0 radical (unpaired) electrons. The van der Waals surface area contributed by atoms with Gasteiger partial charge in [-0.25, -0.2) is 17.5 Å². The molecule has 1 aliphatic carbocycles. The molecule has 8 heteroatoms. The monoisotopic (exact) mass is 371 g/mol. The van der Waals surface area contributed by atoms with E-state index in [4.69, 9.17) is 5.73 Å². The van der Waals surface area contributed by atoms with Crippen LogP contribution in [0.4, 0.5) is 4.39 Å². The van der Waals surface area contributed by atoms with Gasteiger partial charge in [-0.3, -0.25) is 4.79 Å². The number of sulfonamides is 1. The number of benzene rings is 1. The first-order valence-corrected chi connectivity index (χ1v) is 10.2. The summed E-state index contributed by atoms with van der Waals surface area (Å²) in [4.78, 5) is 11.6. The number of nitrogens with one attached hydrogen (secondary N) is 2. The minimum atomic E-state index is -3.97. The van der Waals surface area contributed by atoms with Gasteiger partial charge in [0, 0.05) is 25.6 Å². The number of rotatable bonds is 8. The van der Waals surface area contributed by atoms with Crippen LogP contribution in [0.3, 0.4) is 0 Å². The maximum absolute atomic E-state index is 13.6. The number of nitrogens with two attached hydrogens (primary N) is 1. The Labute approximate surface area is 148 Å². The molecule has 0 heterocycles. The van der Waals surface area contributed by atoms with Crippen molar-refractivity contribution in [1.29, 1.82) is 0 Å². The van der Waals surface area contributed by atoms with Crippen molar-refractivity contribution in [3.8, 4) is 0 Å². The van der Waals surface area contributed by atoms with Gasteiger partial charge in [0.05, 0.1) is 0 Å². The van der Waals surface area contributed by atoms with E-state index in [2.05, 4.69) is 10.0 Å². The molecule has 1 saturated carbocycles. The van der Waals surface area contributed by atoms with Crippen LogP contribution in [-0.4, -0.2) is 33.5 Å². The molecule has 6 nitrogen and oxygen atoms in total. The molecule has 0 saturated heterocycles. The van der Waals surface area contributed by atoms with Crippen molar-refractivity contribution < 1.29 is 17.6 Å². The highest BCUT2D eigenvalue weighted by Crippen LogP contribution is 2.26. The highest BCUT2D eigenvalue weighted by atomic mass is 32.2. The molecule has 140 valence electrons. The molecule has 1 atom stereocenters. The Balaban J connectivity index is 1.82. The molecule has 1 amide bonds. The number of carbonyl (C=O) groups is 1. The van der Waals surface area contributed by atoms with E-state index in [-0.39, 0.29) is 24.9 Å².